The van der Waals surface area contributed by atoms with Gasteiger partial charge >= 0.3 is 6.03 Å². The highest BCUT2D eigenvalue weighted by molar-refractivity contribution is 6.31. The van der Waals surface area contributed by atoms with Crippen LogP contribution in [0.25, 0.3) is 0 Å². The van der Waals surface area contributed by atoms with Gasteiger partial charge in [-0.2, -0.15) is 0 Å². The van der Waals surface area contributed by atoms with Crippen molar-refractivity contribution in [1.82, 2.24) is 4.90 Å². The minimum atomic E-state index is -0.521. The minimum Gasteiger partial charge on any atom is -0.493 e. The number of nitrogens with one attached hydrogen (secondary N) is 1. The molecule has 7 heteroatoms. The van der Waals surface area contributed by atoms with E-state index >= 15 is 0 Å². The molecule has 2 amide bonds. The van der Waals surface area contributed by atoms with Crippen LogP contribution in [-0.2, 0) is 13.0 Å². The van der Waals surface area contributed by atoms with Gasteiger partial charge in [0, 0.05) is 18.8 Å². The van der Waals surface area contributed by atoms with Crippen LogP contribution in [0.15, 0.2) is 30.3 Å². The molecule has 0 unspecified atom stereocenters. The Hall–Kier alpha value is -2.47. The standard InChI is InChI=1S/C18H18ClFN2O3/c1-24-16-7-11-5-6-22(10-12(11)8-17(16)25-2)18(23)21-13-3-4-15(20)14(19)9-13/h3-4,7-9H,5-6,10H2,1-2H3,(H,21,23). The van der Waals surface area contributed by atoms with Crippen molar-refractivity contribution in [1.29, 1.82) is 0 Å². The summed E-state index contributed by atoms with van der Waals surface area (Å²) in [5.74, 6) is 0.793. The topological polar surface area (TPSA) is 50.8 Å². The fourth-order valence-electron chi connectivity index (χ4n) is 2.83. The van der Waals surface area contributed by atoms with Crippen LogP contribution in [0.1, 0.15) is 11.1 Å². The van der Waals surface area contributed by atoms with E-state index in [-0.39, 0.29) is 11.1 Å². The summed E-state index contributed by atoms with van der Waals surface area (Å²) in [7, 11) is 3.18. The van der Waals surface area contributed by atoms with E-state index in [1.54, 1.807) is 19.1 Å². The lowest BCUT2D eigenvalue weighted by molar-refractivity contribution is 0.206. The Balaban J connectivity index is 1.75. The van der Waals surface area contributed by atoms with Gasteiger partial charge in [-0.25, -0.2) is 9.18 Å². The molecular formula is C18H18ClFN2O3. The van der Waals surface area contributed by atoms with Crippen LogP contribution in [0.3, 0.4) is 0 Å². The number of fused-ring (bicyclic) bond motifs is 1. The quantitative estimate of drug-likeness (QED) is 0.892. The third kappa shape index (κ3) is 3.64. The first-order valence-corrected chi connectivity index (χ1v) is 8.14. The number of hydrogen-bond acceptors (Lipinski definition) is 3. The Morgan fingerprint density at radius 1 is 1.16 bits per heavy atom. The van der Waals surface area contributed by atoms with Gasteiger partial charge in [-0.3, -0.25) is 0 Å². The number of hydrogen-bond donors (Lipinski definition) is 1. The first-order valence-electron chi connectivity index (χ1n) is 7.76. The maximum Gasteiger partial charge on any atom is 0.322 e. The van der Waals surface area contributed by atoms with Crippen molar-refractivity contribution < 1.29 is 18.7 Å². The zero-order chi connectivity index (χ0) is 18.0. The van der Waals surface area contributed by atoms with Crippen molar-refractivity contribution in [2.45, 2.75) is 13.0 Å². The number of urea groups is 1. The molecule has 0 saturated carbocycles. The van der Waals surface area contributed by atoms with E-state index in [4.69, 9.17) is 21.1 Å². The third-order valence-corrected chi connectivity index (χ3v) is 4.47. The lowest BCUT2D eigenvalue weighted by Gasteiger charge is -2.29. The van der Waals surface area contributed by atoms with Gasteiger partial charge in [-0.15, -0.1) is 0 Å². The number of nitrogens with zero attached hydrogens (tertiary/aromatic N) is 1. The number of anilines is 1. The van der Waals surface area contributed by atoms with Crippen molar-refractivity contribution in [3.05, 3.63) is 52.3 Å². The largest absolute Gasteiger partial charge is 0.493 e. The number of benzene rings is 2. The van der Waals surface area contributed by atoms with Crippen LogP contribution in [0, 0.1) is 5.82 Å². The van der Waals surface area contributed by atoms with E-state index in [1.165, 1.54) is 18.2 Å². The second-order valence-electron chi connectivity index (χ2n) is 5.71. The van der Waals surface area contributed by atoms with Gasteiger partial charge in [0.1, 0.15) is 5.82 Å². The van der Waals surface area contributed by atoms with Crippen LogP contribution < -0.4 is 14.8 Å². The molecule has 0 radical (unpaired) electrons. The fraction of sp³-hybridized carbons (Fsp3) is 0.278. The van der Waals surface area contributed by atoms with E-state index in [1.807, 2.05) is 12.1 Å². The molecule has 5 nitrogen and oxygen atoms in total. The average Bonchev–Trinajstić information content (AvgIpc) is 2.63. The summed E-state index contributed by atoms with van der Waals surface area (Å²) in [5, 5.41) is 2.71. The van der Waals surface area contributed by atoms with E-state index in [0.717, 1.165) is 11.1 Å². The number of amides is 2. The molecule has 0 aliphatic carbocycles. The molecule has 0 bridgehead atoms. The highest BCUT2D eigenvalue weighted by Gasteiger charge is 2.23. The maximum absolute atomic E-state index is 13.2. The molecular weight excluding hydrogens is 347 g/mol. The predicted octanol–water partition coefficient (Wildman–Crippen LogP) is 4.09. The van der Waals surface area contributed by atoms with Crippen LogP contribution in [0.5, 0.6) is 11.5 Å². The molecule has 1 aliphatic rings. The second kappa shape index (κ2) is 7.19. The van der Waals surface area contributed by atoms with E-state index < -0.39 is 5.82 Å². The molecule has 1 heterocycles. The minimum absolute atomic E-state index is 0.0291. The summed E-state index contributed by atoms with van der Waals surface area (Å²) >= 11 is 5.75. The Labute approximate surface area is 150 Å². The Kier molecular flexibility index (Phi) is 4.99. The van der Waals surface area contributed by atoms with Gasteiger partial charge in [0.05, 0.1) is 19.2 Å². The summed E-state index contributed by atoms with van der Waals surface area (Å²) in [6, 6.07) is 7.67. The van der Waals surface area contributed by atoms with Crippen molar-refractivity contribution in [2.75, 3.05) is 26.1 Å². The molecule has 0 saturated heterocycles. The van der Waals surface area contributed by atoms with Crippen LogP contribution in [-0.4, -0.2) is 31.7 Å². The molecule has 2 aromatic carbocycles. The molecule has 1 N–H and O–H groups in total. The number of carbonyl (C=O) groups is 1. The first-order chi connectivity index (χ1) is 12.0. The fourth-order valence-corrected chi connectivity index (χ4v) is 3.01. The zero-order valence-electron chi connectivity index (χ0n) is 13.9. The van der Waals surface area contributed by atoms with E-state index in [9.17, 15) is 9.18 Å². The van der Waals surface area contributed by atoms with Gasteiger partial charge in [0.2, 0.25) is 0 Å². The van der Waals surface area contributed by atoms with Crippen molar-refractivity contribution in [3.63, 3.8) is 0 Å². The van der Waals surface area contributed by atoms with Crippen LogP contribution in [0.4, 0.5) is 14.9 Å². The van der Waals surface area contributed by atoms with Crippen LogP contribution >= 0.6 is 11.6 Å². The van der Waals surface area contributed by atoms with Gasteiger partial charge in [0.25, 0.3) is 0 Å². The Morgan fingerprint density at radius 2 is 1.84 bits per heavy atom. The molecule has 25 heavy (non-hydrogen) atoms. The number of methoxy groups -OCH3 is 2. The summed E-state index contributed by atoms with van der Waals surface area (Å²) < 4.78 is 23.9. The predicted molar refractivity (Wildman–Crippen MR) is 94.1 cm³/mol. The highest BCUT2D eigenvalue weighted by atomic mass is 35.5. The van der Waals surface area contributed by atoms with Crippen molar-refractivity contribution >= 4 is 23.3 Å². The van der Waals surface area contributed by atoms with Gasteiger partial charge in [0.15, 0.2) is 11.5 Å². The molecule has 3 rings (SSSR count). The second-order valence-corrected chi connectivity index (χ2v) is 6.11. The van der Waals surface area contributed by atoms with Crippen LogP contribution in [0.2, 0.25) is 5.02 Å². The molecule has 2 aromatic rings. The normalized spacial score (nSPS) is 13.2. The SMILES string of the molecule is COc1cc2c(cc1OC)CN(C(=O)Nc1ccc(F)c(Cl)c1)CC2. The smallest absolute Gasteiger partial charge is 0.322 e. The summed E-state index contributed by atoms with van der Waals surface area (Å²) in [5.41, 5.74) is 2.59. The van der Waals surface area contributed by atoms with Gasteiger partial charge in [-0.1, -0.05) is 11.6 Å². The molecule has 1 aliphatic heterocycles. The molecule has 0 fully saturated rings. The van der Waals surface area contributed by atoms with E-state index in [2.05, 4.69) is 5.32 Å². The third-order valence-electron chi connectivity index (χ3n) is 4.18. The van der Waals surface area contributed by atoms with Gasteiger partial charge < -0.3 is 19.7 Å². The average molecular weight is 365 g/mol. The maximum atomic E-state index is 13.2. The number of ether oxygens (including phenoxy) is 2. The summed E-state index contributed by atoms with van der Waals surface area (Å²) in [4.78, 5) is 14.2. The molecule has 0 spiro atoms. The molecule has 132 valence electrons. The molecule has 0 atom stereocenters. The lowest BCUT2D eigenvalue weighted by Crippen LogP contribution is -2.38. The van der Waals surface area contributed by atoms with E-state index in [0.29, 0.717) is 36.7 Å². The van der Waals surface area contributed by atoms with Gasteiger partial charge in [-0.05, 0) is 47.9 Å². The summed E-state index contributed by atoms with van der Waals surface area (Å²) in [6.07, 6.45) is 0.716. The highest BCUT2D eigenvalue weighted by Crippen LogP contribution is 2.33. The number of rotatable bonds is 3. The van der Waals surface area contributed by atoms with Crippen molar-refractivity contribution in [2.24, 2.45) is 0 Å². The zero-order valence-corrected chi connectivity index (χ0v) is 14.7. The summed E-state index contributed by atoms with van der Waals surface area (Å²) in [6.45, 7) is 1.03. The number of carbonyl (C=O) groups excluding carboxylic acids is 1. The molecule has 0 aromatic heterocycles. The number of halogens is 2. The Bertz CT molecular complexity index is 813. The lowest BCUT2D eigenvalue weighted by atomic mass is 9.99. The first kappa shape index (κ1) is 17.4. The monoisotopic (exact) mass is 364 g/mol. The van der Waals surface area contributed by atoms with Crippen molar-refractivity contribution in [3.8, 4) is 11.5 Å². The Morgan fingerprint density at radius 3 is 2.48 bits per heavy atom.